The van der Waals surface area contributed by atoms with E-state index in [4.69, 9.17) is 16.6 Å². The number of rotatable bonds is 1. The molecule has 4 heteroatoms. The Morgan fingerprint density at radius 2 is 1.73 bits per heavy atom. The number of aliphatic hydroxyl groups is 2. The van der Waals surface area contributed by atoms with E-state index in [0.29, 0.717) is 17.9 Å². The third kappa shape index (κ3) is 6.10. The molecule has 1 aliphatic carbocycles. The van der Waals surface area contributed by atoms with Gasteiger partial charge in [0.05, 0.1) is 12.7 Å². The molecule has 0 bridgehead atoms. The highest BCUT2D eigenvalue weighted by Crippen LogP contribution is 2.27. The monoisotopic (exact) mass is 218 g/mol. The summed E-state index contributed by atoms with van der Waals surface area (Å²) < 4.78 is 0. The third-order valence-corrected chi connectivity index (χ3v) is 2.93. The summed E-state index contributed by atoms with van der Waals surface area (Å²) in [5.41, 5.74) is 10.9. The smallest absolute Gasteiger partial charge is 0.0579 e. The van der Waals surface area contributed by atoms with Gasteiger partial charge >= 0.3 is 0 Å². The zero-order valence-electron chi connectivity index (χ0n) is 10.1. The van der Waals surface area contributed by atoms with Crippen molar-refractivity contribution in [1.82, 2.24) is 0 Å². The second-order valence-corrected chi connectivity index (χ2v) is 4.82. The summed E-state index contributed by atoms with van der Waals surface area (Å²) in [6.07, 6.45) is 1.74. The Bertz CT molecular complexity index is 139. The van der Waals surface area contributed by atoms with Crippen molar-refractivity contribution in [1.29, 1.82) is 0 Å². The average molecular weight is 218 g/mol. The number of hydrogen-bond acceptors (Lipinski definition) is 4. The van der Waals surface area contributed by atoms with Gasteiger partial charge in [-0.25, -0.2) is 0 Å². The van der Waals surface area contributed by atoms with Crippen LogP contribution in [-0.2, 0) is 0 Å². The Balaban J connectivity index is 0.000000336. The first kappa shape index (κ1) is 14.8. The first-order valence-electron chi connectivity index (χ1n) is 5.68. The standard InChI is InChI=1S/C8H17NO.C3H9NO/c1-5-4-8(10)6(2)3-7(5)9;1-3(4)2-5/h5-8,10H,3-4,9H2,1-2H3;3,5H,2,4H2,1H3. The summed E-state index contributed by atoms with van der Waals surface area (Å²) in [4.78, 5) is 0. The maximum atomic E-state index is 9.41. The van der Waals surface area contributed by atoms with Crippen LogP contribution in [0.5, 0.6) is 0 Å². The number of aliphatic hydroxyl groups excluding tert-OH is 2. The van der Waals surface area contributed by atoms with Gasteiger partial charge in [0.25, 0.3) is 0 Å². The molecule has 1 rings (SSSR count). The second-order valence-electron chi connectivity index (χ2n) is 4.82. The predicted octanol–water partition coefficient (Wildman–Crippen LogP) is 0.0665. The quantitative estimate of drug-likeness (QED) is 0.501. The summed E-state index contributed by atoms with van der Waals surface area (Å²) in [5.74, 6) is 0.886. The molecule has 6 N–H and O–H groups in total. The van der Waals surface area contributed by atoms with Gasteiger partial charge in [-0.3, -0.25) is 0 Å². The number of hydrogen-bond donors (Lipinski definition) is 4. The lowest BCUT2D eigenvalue weighted by Crippen LogP contribution is -2.40. The Kier molecular flexibility index (Phi) is 7.09. The summed E-state index contributed by atoms with van der Waals surface area (Å²) in [5, 5.41) is 17.4. The molecule has 1 saturated carbocycles. The Labute approximate surface area is 92.7 Å². The van der Waals surface area contributed by atoms with Gasteiger partial charge in [-0.1, -0.05) is 13.8 Å². The van der Waals surface area contributed by atoms with Gasteiger partial charge in [0.2, 0.25) is 0 Å². The van der Waals surface area contributed by atoms with Crippen LogP contribution in [0.4, 0.5) is 0 Å². The van der Waals surface area contributed by atoms with Gasteiger partial charge in [0.15, 0.2) is 0 Å². The fourth-order valence-electron chi connectivity index (χ4n) is 1.61. The van der Waals surface area contributed by atoms with Crippen LogP contribution in [0.15, 0.2) is 0 Å². The van der Waals surface area contributed by atoms with E-state index in [0.717, 1.165) is 12.8 Å². The van der Waals surface area contributed by atoms with E-state index in [9.17, 15) is 5.11 Å². The van der Waals surface area contributed by atoms with Crippen molar-refractivity contribution in [3.63, 3.8) is 0 Å². The topological polar surface area (TPSA) is 92.5 Å². The van der Waals surface area contributed by atoms with Gasteiger partial charge < -0.3 is 21.7 Å². The molecule has 15 heavy (non-hydrogen) atoms. The van der Waals surface area contributed by atoms with Crippen molar-refractivity contribution in [3.8, 4) is 0 Å². The zero-order valence-corrected chi connectivity index (χ0v) is 10.1. The highest BCUT2D eigenvalue weighted by atomic mass is 16.3. The molecule has 0 aromatic rings. The Hall–Kier alpha value is -0.160. The zero-order chi connectivity index (χ0) is 12.0. The molecular weight excluding hydrogens is 192 g/mol. The molecule has 92 valence electrons. The van der Waals surface area contributed by atoms with Gasteiger partial charge in [0, 0.05) is 12.1 Å². The largest absolute Gasteiger partial charge is 0.395 e. The van der Waals surface area contributed by atoms with Crippen molar-refractivity contribution in [2.24, 2.45) is 23.3 Å². The molecule has 0 aromatic heterocycles. The molecular formula is C11H26N2O2. The van der Waals surface area contributed by atoms with Crippen LogP contribution < -0.4 is 11.5 Å². The summed E-state index contributed by atoms with van der Waals surface area (Å²) in [7, 11) is 0. The van der Waals surface area contributed by atoms with E-state index in [2.05, 4.69) is 13.8 Å². The van der Waals surface area contributed by atoms with E-state index in [1.165, 1.54) is 0 Å². The molecule has 4 nitrogen and oxygen atoms in total. The normalized spacial score (nSPS) is 37.8. The Morgan fingerprint density at radius 1 is 1.27 bits per heavy atom. The highest BCUT2D eigenvalue weighted by Gasteiger charge is 2.28. The molecule has 0 saturated heterocycles. The first-order valence-corrected chi connectivity index (χ1v) is 5.68. The van der Waals surface area contributed by atoms with Gasteiger partial charge in [-0.15, -0.1) is 0 Å². The minimum atomic E-state index is -0.116. The third-order valence-electron chi connectivity index (χ3n) is 2.93. The van der Waals surface area contributed by atoms with Crippen LogP contribution >= 0.6 is 0 Å². The van der Waals surface area contributed by atoms with Crippen molar-refractivity contribution in [2.45, 2.75) is 51.8 Å². The van der Waals surface area contributed by atoms with Crippen molar-refractivity contribution >= 4 is 0 Å². The SMILES string of the molecule is CC(N)CO.CC1CC(O)C(C)CC1N. The lowest BCUT2D eigenvalue weighted by molar-refractivity contribution is 0.0480. The maximum Gasteiger partial charge on any atom is 0.0579 e. The highest BCUT2D eigenvalue weighted by molar-refractivity contribution is 4.83. The molecule has 5 unspecified atom stereocenters. The van der Waals surface area contributed by atoms with Gasteiger partial charge in [-0.05, 0) is 31.6 Å². The molecule has 5 atom stereocenters. The first-order chi connectivity index (χ1) is 6.88. The van der Waals surface area contributed by atoms with E-state index in [-0.39, 0.29) is 18.8 Å². The maximum absolute atomic E-state index is 9.41. The Morgan fingerprint density at radius 3 is 2.07 bits per heavy atom. The minimum Gasteiger partial charge on any atom is -0.395 e. The fraction of sp³-hybridized carbons (Fsp3) is 1.00. The van der Waals surface area contributed by atoms with Crippen molar-refractivity contribution in [3.05, 3.63) is 0 Å². The van der Waals surface area contributed by atoms with Crippen LogP contribution in [-0.4, -0.2) is 35.0 Å². The van der Waals surface area contributed by atoms with Gasteiger partial charge in [-0.2, -0.15) is 0 Å². The summed E-state index contributed by atoms with van der Waals surface area (Å²) in [6, 6.07) is 0.244. The predicted molar refractivity (Wildman–Crippen MR) is 62.3 cm³/mol. The van der Waals surface area contributed by atoms with E-state index in [1.807, 2.05) is 0 Å². The summed E-state index contributed by atoms with van der Waals surface area (Å²) >= 11 is 0. The van der Waals surface area contributed by atoms with Crippen LogP contribution in [0.3, 0.4) is 0 Å². The van der Waals surface area contributed by atoms with Crippen LogP contribution in [0.1, 0.15) is 33.6 Å². The van der Waals surface area contributed by atoms with Crippen LogP contribution in [0.2, 0.25) is 0 Å². The molecule has 0 aliphatic heterocycles. The molecule has 0 radical (unpaired) electrons. The minimum absolute atomic E-state index is 0.0602. The fourth-order valence-corrected chi connectivity index (χ4v) is 1.61. The number of nitrogens with two attached hydrogens (primary N) is 2. The van der Waals surface area contributed by atoms with Gasteiger partial charge in [0.1, 0.15) is 0 Å². The lowest BCUT2D eigenvalue weighted by atomic mass is 9.78. The van der Waals surface area contributed by atoms with E-state index in [1.54, 1.807) is 6.92 Å². The molecule has 0 heterocycles. The second kappa shape index (κ2) is 7.17. The average Bonchev–Trinajstić information content (AvgIpc) is 2.16. The van der Waals surface area contributed by atoms with Crippen LogP contribution in [0.25, 0.3) is 0 Å². The molecule has 0 amide bonds. The van der Waals surface area contributed by atoms with E-state index < -0.39 is 0 Å². The van der Waals surface area contributed by atoms with Crippen molar-refractivity contribution in [2.75, 3.05) is 6.61 Å². The summed E-state index contributed by atoms with van der Waals surface area (Å²) in [6.45, 7) is 6.01. The molecule has 1 aliphatic rings. The van der Waals surface area contributed by atoms with Crippen molar-refractivity contribution < 1.29 is 10.2 Å². The van der Waals surface area contributed by atoms with Crippen LogP contribution in [0, 0.1) is 11.8 Å². The molecule has 1 fully saturated rings. The molecule has 0 aromatic carbocycles. The van der Waals surface area contributed by atoms with E-state index >= 15 is 0 Å². The lowest BCUT2D eigenvalue weighted by Gasteiger charge is -2.33. The molecule has 0 spiro atoms.